The maximum Gasteiger partial charge on any atom is 0.198 e. The Labute approximate surface area is 172 Å². The summed E-state index contributed by atoms with van der Waals surface area (Å²) in [4.78, 5) is 22.1. The number of nitrogens with two attached hydrogens (primary N) is 2. The van der Waals surface area contributed by atoms with E-state index in [0.717, 1.165) is 25.7 Å². The molecule has 0 aliphatic rings. The summed E-state index contributed by atoms with van der Waals surface area (Å²) in [5, 5.41) is 9.78. The van der Waals surface area contributed by atoms with Gasteiger partial charge in [-0.3, -0.25) is 15.0 Å². The predicted molar refractivity (Wildman–Crippen MR) is 117 cm³/mol. The van der Waals surface area contributed by atoms with Crippen LogP contribution in [0, 0.1) is 5.41 Å². The molecule has 0 unspecified atom stereocenters. The molecule has 0 saturated carbocycles. The van der Waals surface area contributed by atoms with Crippen LogP contribution < -0.4 is 16.8 Å². The van der Waals surface area contributed by atoms with Gasteiger partial charge in [-0.25, -0.2) is 0 Å². The zero-order chi connectivity index (χ0) is 20.9. The van der Waals surface area contributed by atoms with Gasteiger partial charge in [0.2, 0.25) is 0 Å². The van der Waals surface area contributed by atoms with Crippen molar-refractivity contribution in [1.29, 1.82) is 5.41 Å². The molecular weight excluding hydrogens is 352 g/mol. The van der Waals surface area contributed by atoms with Crippen molar-refractivity contribution in [2.45, 2.75) is 115 Å². The number of hydrogen-bond acceptors (Lipinski definition) is 4. The van der Waals surface area contributed by atoms with Gasteiger partial charge in [-0.15, -0.1) is 0 Å². The van der Waals surface area contributed by atoms with Gasteiger partial charge >= 0.3 is 0 Å². The van der Waals surface area contributed by atoms with Gasteiger partial charge in [0.25, 0.3) is 0 Å². The first-order valence-electron chi connectivity index (χ1n) is 11.3. The molecule has 0 heterocycles. The van der Waals surface area contributed by atoms with Gasteiger partial charge in [-0.1, -0.05) is 70.6 Å². The van der Waals surface area contributed by atoms with Gasteiger partial charge in [0.1, 0.15) is 5.78 Å². The number of hydrogen-bond donors (Lipinski definition) is 4. The second-order valence-electron chi connectivity index (χ2n) is 7.80. The first-order valence-corrected chi connectivity index (χ1v) is 11.3. The van der Waals surface area contributed by atoms with Crippen LogP contribution in [0.25, 0.3) is 0 Å². The Balaban J connectivity index is 3.28. The monoisotopic (exact) mass is 395 g/mol. The average Bonchev–Trinajstić information content (AvgIpc) is 2.67. The molecule has 6 heteroatoms. The molecule has 0 aliphatic carbocycles. The summed E-state index contributed by atoms with van der Waals surface area (Å²) < 4.78 is 0. The number of carbonyl (C=O) groups excluding carboxylic acids is 2. The molecule has 163 valence electrons. The number of Topliss-reactive ketones (excluding diaryl/α,β-unsaturated/α-hetero) is 1. The molecule has 0 amide bonds. The van der Waals surface area contributed by atoms with Crippen LogP contribution in [0.2, 0.25) is 0 Å². The minimum Gasteiger partial charge on any atom is -0.370 e. The van der Waals surface area contributed by atoms with Crippen molar-refractivity contribution < 1.29 is 9.59 Å². The summed E-state index contributed by atoms with van der Waals surface area (Å²) in [5.41, 5.74) is 11.1. The topological polar surface area (TPSA) is 122 Å². The third-order valence-corrected chi connectivity index (χ3v) is 5.12. The maximum absolute atomic E-state index is 12.0. The summed E-state index contributed by atoms with van der Waals surface area (Å²) >= 11 is 0. The molecule has 0 rings (SSSR count). The molecule has 0 spiro atoms. The molecule has 0 bridgehead atoms. The minimum absolute atomic E-state index is 0.0405. The predicted octanol–water partition coefficient (Wildman–Crippen LogP) is 4.11. The fourth-order valence-corrected chi connectivity index (χ4v) is 3.33. The van der Waals surface area contributed by atoms with E-state index in [9.17, 15) is 9.59 Å². The molecule has 0 fully saturated rings. The quantitative estimate of drug-likeness (QED) is 0.132. The number of ketones is 1. The van der Waals surface area contributed by atoms with Crippen LogP contribution in [0.4, 0.5) is 0 Å². The third-order valence-electron chi connectivity index (χ3n) is 5.12. The normalized spacial score (nSPS) is 11.9. The lowest BCUT2D eigenvalue weighted by Crippen LogP contribution is -2.34. The smallest absolute Gasteiger partial charge is 0.198 e. The van der Waals surface area contributed by atoms with E-state index >= 15 is 0 Å². The van der Waals surface area contributed by atoms with E-state index in [1.807, 2.05) is 6.29 Å². The SMILES string of the molecule is N=C(N)NCCC[C@H](N)C(=O)CCCCCCCCCCCCCCC[C]=O. The fourth-order valence-electron chi connectivity index (χ4n) is 3.33. The number of unbranched alkanes of at least 4 members (excludes halogenated alkanes) is 13. The Kier molecular flexibility index (Phi) is 19.3. The summed E-state index contributed by atoms with van der Waals surface area (Å²) in [6.45, 7) is 0.594. The van der Waals surface area contributed by atoms with E-state index in [1.165, 1.54) is 64.2 Å². The molecule has 6 nitrogen and oxygen atoms in total. The van der Waals surface area contributed by atoms with Gasteiger partial charge in [0, 0.05) is 19.4 Å². The minimum atomic E-state index is -0.378. The van der Waals surface area contributed by atoms with Gasteiger partial charge in [-0.05, 0) is 25.7 Å². The molecule has 0 aliphatic heterocycles. The van der Waals surface area contributed by atoms with E-state index in [0.29, 0.717) is 25.8 Å². The zero-order valence-electron chi connectivity index (χ0n) is 17.8. The number of guanidine groups is 1. The highest BCUT2D eigenvalue weighted by Crippen LogP contribution is 2.13. The Bertz CT molecular complexity index is 402. The molecule has 28 heavy (non-hydrogen) atoms. The van der Waals surface area contributed by atoms with Crippen LogP contribution in [-0.4, -0.2) is 30.6 Å². The van der Waals surface area contributed by atoms with Crippen LogP contribution in [-0.2, 0) is 9.59 Å². The van der Waals surface area contributed by atoms with Crippen molar-refractivity contribution in [3.8, 4) is 0 Å². The molecule has 0 saturated heterocycles. The Hall–Kier alpha value is -1.43. The van der Waals surface area contributed by atoms with Crippen molar-refractivity contribution in [3.05, 3.63) is 0 Å². The van der Waals surface area contributed by atoms with E-state index < -0.39 is 0 Å². The Morgan fingerprint density at radius 3 is 1.75 bits per heavy atom. The highest BCUT2D eigenvalue weighted by atomic mass is 16.1. The second kappa shape index (κ2) is 20.3. The van der Waals surface area contributed by atoms with Crippen LogP contribution in [0.15, 0.2) is 0 Å². The summed E-state index contributed by atoms with van der Waals surface area (Å²) in [5.74, 6) is 0.119. The van der Waals surface area contributed by atoms with E-state index in [4.69, 9.17) is 16.9 Å². The maximum atomic E-state index is 12.0. The Morgan fingerprint density at radius 1 is 0.821 bits per heavy atom. The van der Waals surface area contributed by atoms with Crippen LogP contribution in [0.3, 0.4) is 0 Å². The highest BCUT2D eigenvalue weighted by molar-refractivity contribution is 5.83. The lowest BCUT2D eigenvalue weighted by Gasteiger charge is -2.11. The van der Waals surface area contributed by atoms with Crippen LogP contribution in [0.1, 0.15) is 109 Å². The second-order valence-corrected chi connectivity index (χ2v) is 7.80. The first-order chi connectivity index (χ1) is 13.6. The summed E-state index contributed by atoms with van der Waals surface area (Å²) in [6, 6.07) is -0.378. The zero-order valence-corrected chi connectivity index (χ0v) is 17.8. The molecule has 1 atom stereocenters. The molecule has 6 N–H and O–H groups in total. The average molecular weight is 396 g/mol. The van der Waals surface area contributed by atoms with Gasteiger partial charge in [0.15, 0.2) is 12.2 Å². The van der Waals surface area contributed by atoms with E-state index in [1.54, 1.807) is 0 Å². The number of carbonyl (C=O) groups is 1. The third kappa shape index (κ3) is 19.3. The summed E-state index contributed by atoms with van der Waals surface area (Å²) in [6.07, 6.45) is 20.4. The first kappa shape index (κ1) is 26.6. The van der Waals surface area contributed by atoms with Crippen molar-refractivity contribution in [2.24, 2.45) is 11.5 Å². The Morgan fingerprint density at radius 2 is 1.29 bits per heavy atom. The van der Waals surface area contributed by atoms with Gasteiger partial charge in [0.05, 0.1) is 6.04 Å². The molecular formula is C22H43N4O2. The summed E-state index contributed by atoms with van der Waals surface area (Å²) in [7, 11) is 0. The number of rotatable bonds is 21. The van der Waals surface area contributed by atoms with Crippen molar-refractivity contribution in [2.75, 3.05) is 6.54 Å². The van der Waals surface area contributed by atoms with E-state index in [-0.39, 0.29) is 17.8 Å². The molecule has 0 aromatic rings. The van der Waals surface area contributed by atoms with Gasteiger partial charge < -0.3 is 16.8 Å². The lowest BCUT2D eigenvalue weighted by atomic mass is 10.0. The van der Waals surface area contributed by atoms with Crippen LogP contribution in [0.5, 0.6) is 0 Å². The van der Waals surface area contributed by atoms with E-state index in [2.05, 4.69) is 5.32 Å². The largest absolute Gasteiger partial charge is 0.370 e. The fraction of sp³-hybridized carbons (Fsp3) is 0.864. The highest BCUT2D eigenvalue weighted by Gasteiger charge is 2.12. The standard InChI is InChI=1S/C22H43N4O2/c23-20(16-15-18-26-22(24)25)21(28)17-13-11-9-7-5-3-1-2-4-6-8-10-12-14-19-27/h20H,1-18,23H2,(H4,24,25,26)/t20-/m0/s1. The van der Waals surface area contributed by atoms with Crippen LogP contribution >= 0.6 is 0 Å². The van der Waals surface area contributed by atoms with Crippen molar-refractivity contribution in [1.82, 2.24) is 5.32 Å². The van der Waals surface area contributed by atoms with Gasteiger partial charge in [-0.2, -0.15) is 0 Å². The number of nitrogens with one attached hydrogen (secondary N) is 2. The van der Waals surface area contributed by atoms with Crippen molar-refractivity contribution >= 4 is 18.0 Å². The lowest BCUT2D eigenvalue weighted by molar-refractivity contribution is -0.120. The van der Waals surface area contributed by atoms with Crippen molar-refractivity contribution in [3.63, 3.8) is 0 Å². The molecule has 1 radical (unpaired) electrons. The molecule has 0 aromatic carbocycles. The molecule has 0 aromatic heterocycles.